The number of hydrogen-bond donors (Lipinski definition) is 3. The fraction of sp³-hybridized carbons (Fsp3) is 0.728. The number of allylic oxidation sites excluding steroid dienone is 18. The van der Waals surface area contributed by atoms with Crippen molar-refractivity contribution in [3.8, 4) is 0 Å². The molecule has 0 heterocycles. The molecule has 0 aliphatic heterocycles. The third kappa shape index (κ3) is 72.1. The van der Waals surface area contributed by atoms with Crippen LogP contribution in [-0.4, -0.2) is 96.7 Å². The molecule has 2 unspecified atom stereocenters. The number of hydrogen-bond acceptors (Lipinski definition) is 15. The Kier molecular flexibility index (Phi) is 69.9. The number of rotatable bonds is 73. The lowest BCUT2D eigenvalue weighted by atomic mass is 10.1. The van der Waals surface area contributed by atoms with Crippen molar-refractivity contribution in [2.24, 2.45) is 0 Å². The van der Waals surface area contributed by atoms with Gasteiger partial charge in [-0.1, -0.05) is 259 Å². The highest BCUT2D eigenvalue weighted by Crippen LogP contribution is 2.45. The van der Waals surface area contributed by atoms with Gasteiger partial charge in [-0.3, -0.25) is 37.3 Å². The molecule has 19 heteroatoms. The van der Waals surface area contributed by atoms with E-state index in [0.29, 0.717) is 32.1 Å². The van der Waals surface area contributed by atoms with Crippen LogP contribution in [0.2, 0.25) is 0 Å². The van der Waals surface area contributed by atoms with Crippen molar-refractivity contribution >= 4 is 39.5 Å². The molecule has 0 saturated heterocycles. The minimum Gasteiger partial charge on any atom is -0.462 e. The molecule has 576 valence electrons. The lowest BCUT2D eigenvalue weighted by Crippen LogP contribution is -2.30. The van der Waals surface area contributed by atoms with Gasteiger partial charge in [-0.25, -0.2) is 9.13 Å². The van der Waals surface area contributed by atoms with Gasteiger partial charge in [0.25, 0.3) is 0 Å². The van der Waals surface area contributed by atoms with Crippen LogP contribution in [0.3, 0.4) is 0 Å². The van der Waals surface area contributed by atoms with E-state index < -0.39 is 97.5 Å². The molecule has 0 bridgehead atoms. The first-order valence-electron chi connectivity index (χ1n) is 39.1. The molecule has 0 saturated carbocycles. The van der Waals surface area contributed by atoms with Crippen LogP contribution in [-0.2, 0) is 65.4 Å². The van der Waals surface area contributed by atoms with Gasteiger partial charge in [0.2, 0.25) is 0 Å². The molecular weight excluding hydrogens is 1310 g/mol. The number of ether oxygens (including phenoxy) is 4. The first kappa shape index (κ1) is 95.7. The van der Waals surface area contributed by atoms with Gasteiger partial charge in [-0.15, -0.1) is 0 Å². The van der Waals surface area contributed by atoms with E-state index in [1.165, 1.54) is 89.9 Å². The summed E-state index contributed by atoms with van der Waals surface area (Å²) in [6.07, 6.45) is 78.0. The van der Waals surface area contributed by atoms with E-state index in [-0.39, 0.29) is 25.7 Å². The number of aliphatic hydroxyl groups excluding tert-OH is 1. The Morgan fingerprint density at radius 3 is 0.840 bits per heavy atom. The van der Waals surface area contributed by atoms with Crippen LogP contribution in [0.1, 0.15) is 323 Å². The summed E-state index contributed by atoms with van der Waals surface area (Å²) in [5.41, 5.74) is 0. The largest absolute Gasteiger partial charge is 0.472 e. The van der Waals surface area contributed by atoms with Gasteiger partial charge in [0.05, 0.1) is 26.4 Å². The van der Waals surface area contributed by atoms with Gasteiger partial charge in [0, 0.05) is 25.7 Å². The minimum atomic E-state index is -5.00. The smallest absolute Gasteiger partial charge is 0.462 e. The zero-order valence-electron chi connectivity index (χ0n) is 62.8. The summed E-state index contributed by atoms with van der Waals surface area (Å²) in [6, 6.07) is 0. The molecule has 0 aliphatic rings. The molecule has 0 aromatic rings. The predicted molar refractivity (Wildman–Crippen MR) is 408 cm³/mol. The number of aliphatic hydroxyl groups is 1. The molecule has 0 aromatic heterocycles. The summed E-state index contributed by atoms with van der Waals surface area (Å²) in [6.45, 7) is 4.68. The average Bonchev–Trinajstić information content (AvgIpc) is 0.946. The number of carbonyl (C=O) groups is 4. The molecule has 3 N–H and O–H groups in total. The molecule has 17 nitrogen and oxygen atoms in total. The van der Waals surface area contributed by atoms with Crippen molar-refractivity contribution in [3.05, 3.63) is 109 Å². The van der Waals surface area contributed by atoms with Crippen LogP contribution in [0, 0.1) is 0 Å². The summed E-state index contributed by atoms with van der Waals surface area (Å²) in [5, 5.41) is 10.6. The Hall–Kier alpha value is -4.28. The molecule has 5 atom stereocenters. The van der Waals surface area contributed by atoms with Crippen LogP contribution in [0.4, 0.5) is 0 Å². The molecule has 0 rings (SSSR count). The molecule has 0 spiro atoms. The van der Waals surface area contributed by atoms with Crippen LogP contribution in [0.25, 0.3) is 0 Å². The Morgan fingerprint density at radius 2 is 0.510 bits per heavy atom. The van der Waals surface area contributed by atoms with Crippen molar-refractivity contribution in [1.29, 1.82) is 0 Å². The second kappa shape index (κ2) is 73.0. The van der Waals surface area contributed by atoms with Crippen molar-refractivity contribution in [3.63, 3.8) is 0 Å². The monoisotopic (exact) mass is 1450 g/mol. The summed E-state index contributed by atoms with van der Waals surface area (Å²) in [5.74, 6) is -2.30. The Balaban J connectivity index is 5.42. The van der Waals surface area contributed by atoms with E-state index in [1.54, 1.807) is 0 Å². The maximum absolute atomic E-state index is 13.1. The number of phosphoric ester groups is 2. The summed E-state index contributed by atoms with van der Waals surface area (Å²) in [4.78, 5) is 72.8. The van der Waals surface area contributed by atoms with Gasteiger partial charge in [-0.2, -0.15) is 0 Å². The van der Waals surface area contributed by atoms with Gasteiger partial charge >= 0.3 is 39.5 Å². The third-order valence-corrected chi connectivity index (χ3v) is 18.1. The van der Waals surface area contributed by atoms with E-state index in [9.17, 15) is 43.2 Å². The highest BCUT2D eigenvalue weighted by Gasteiger charge is 2.30. The topological polar surface area (TPSA) is 237 Å². The molecule has 0 amide bonds. The second-order valence-electron chi connectivity index (χ2n) is 25.9. The Labute approximate surface area is 607 Å². The van der Waals surface area contributed by atoms with E-state index >= 15 is 0 Å². The maximum Gasteiger partial charge on any atom is 0.472 e. The number of esters is 4. The highest BCUT2D eigenvalue weighted by molar-refractivity contribution is 7.47. The quantitative estimate of drug-likeness (QED) is 0.0169. The second-order valence-corrected chi connectivity index (χ2v) is 28.8. The van der Waals surface area contributed by atoms with E-state index in [1.807, 2.05) is 12.2 Å². The van der Waals surface area contributed by atoms with Gasteiger partial charge in [-0.05, 0) is 148 Å². The van der Waals surface area contributed by atoms with Gasteiger partial charge in [0.15, 0.2) is 12.2 Å². The molecule has 0 fully saturated rings. The fourth-order valence-electron chi connectivity index (χ4n) is 10.2. The van der Waals surface area contributed by atoms with Crippen molar-refractivity contribution in [2.45, 2.75) is 341 Å². The lowest BCUT2D eigenvalue weighted by molar-refractivity contribution is -0.161. The first-order chi connectivity index (χ1) is 48.7. The highest BCUT2D eigenvalue weighted by atomic mass is 31.2. The number of carbonyl (C=O) groups excluding carboxylic acids is 4. The zero-order valence-corrected chi connectivity index (χ0v) is 64.6. The Bertz CT molecular complexity index is 2320. The van der Waals surface area contributed by atoms with E-state index in [0.717, 1.165) is 148 Å². The Morgan fingerprint density at radius 1 is 0.280 bits per heavy atom. The average molecular weight is 1450 g/mol. The van der Waals surface area contributed by atoms with Gasteiger partial charge in [0.1, 0.15) is 19.3 Å². The van der Waals surface area contributed by atoms with Crippen LogP contribution < -0.4 is 0 Å². The number of unbranched alkanes of at least 4 members (excludes halogenated alkanes) is 29. The van der Waals surface area contributed by atoms with Crippen LogP contribution >= 0.6 is 15.6 Å². The maximum atomic E-state index is 13.1. The lowest BCUT2D eigenvalue weighted by Gasteiger charge is -2.21. The van der Waals surface area contributed by atoms with E-state index in [4.69, 9.17) is 37.0 Å². The SMILES string of the molecule is CCCCC/C=C\C/C=C\C/C=C\C/C=C\C/C=C\CCC(=O)OC[C@H](COP(=O)(O)OC[C@@H](O)COP(=O)(O)OC[C@@H](COC(=O)CCCCCCC/C=C\CCCCCC)OC(=O)CCCCCCC/C=C\CCCCCC)OC(=O)CCCCCCC/C=C\C/C=C\CCCCC. The molecule has 100 heavy (non-hydrogen) atoms. The summed E-state index contributed by atoms with van der Waals surface area (Å²) in [7, 11) is -9.98. The van der Waals surface area contributed by atoms with Gasteiger partial charge < -0.3 is 33.8 Å². The van der Waals surface area contributed by atoms with Crippen molar-refractivity contribution in [1.82, 2.24) is 0 Å². The van der Waals surface area contributed by atoms with E-state index in [2.05, 4.69) is 125 Å². The molecule has 0 aliphatic carbocycles. The normalized spacial score (nSPS) is 14.5. The third-order valence-electron chi connectivity index (χ3n) is 16.2. The predicted octanol–water partition coefficient (Wildman–Crippen LogP) is 22.6. The van der Waals surface area contributed by atoms with Crippen molar-refractivity contribution < 1.29 is 80.2 Å². The van der Waals surface area contributed by atoms with Crippen LogP contribution in [0.5, 0.6) is 0 Å². The first-order valence-corrected chi connectivity index (χ1v) is 42.1. The standard InChI is InChI=1S/C81H140O17P2/c1-5-9-13-17-21-25-29-33-35-36-37-38-40-43-46-50-54-58-62-66-79(84)92-72-77(98-81(86)68-64-60-56-52-48-44-39-34-30-26-22-18-14-10-6-2)74-96-100(89,90)94-70-75(82)69-93-99(87,88)95-73-76(97-80(85)67-63-59-55-51-47-42-32-28-24-20-16-12-8-4)71-91-78(83)65-61-57-53-49-45-41-31-27-23-19-15-11-7-3/h21-22,25-28,31-35,37-39,43,46,54,58,75-77,82H,5-20,23-24,29-30,36,40-42,44-45,47-53,55-57,59-74H2,1-4H3,(H,87,88)(H,89,90)/b25-21-,26-22-,31-27-,32-28-,35-33-,38-37-,39-34-,46-43-,58-54-/t75-,76+,77+/m0/s1. The van der Waals surface area contributed by atoms with Crippen LogP contribution in [0.15, 0.2) is 109 Å². The molecular formula is C81H140O17P2. The minimum absolute atomic E-state index is 0.0337. The summed E-state index contributed by atoms with van der Waals surface area (Å²) >= 11 is 0. The zero-order chi connectivity index (χ0) is 73.2. The molecule has 0 aromatic carbocycles. The fourth-order valence-corrected chi connectivity index (χ4v) is 11.7. The summed E-state index contributed by atoms with van der Waals surface area (Å²) < 4.78 is 68.4. The number of phosphoric acid groups is 2. The molecule has 0 radical (unpaired) electrons. The van der Waals surface area contributed by atoms with Crippen molar-refractivity contribution in [2.75, 3.05) is 39.6 Å².